The number of benzene rings is 2. The third-order valence-corrected chi connectivity index (χ3v) is 7.05. The van der Waals surface area contributed by atoms with Crippen molar-refractivity contribution in [2.24, 2.45) is 17.8 Å². The molecule has 0 N–H and O–H groups in total. The molecular weight excluding hydrogens is 401 g/mol. The van der Waals surface area contributed by atoms with Gasteiger partial charge in [0.2, 0.25) is 0 Å². The number of ether oxygens (including phenoxy) is 1. The van der Waals surface area contributed by atoms with Crippen LogP contribution in [0.3, 0.4) is 0 Å². The third-order valence-electron chi connectivity index (χ3n) is 7.05. The SMILES string of the molecule is C=CC1CCC2CC(c3ccc(C(=O)Oc4ccc(C)cc4F)c(F)c3F)CCC2C1. The molecular formula is C26H27F3O2. The van der Waals surface area contributed by atoms with Crippen LogP contribution in [-0.2, 0) is 0 Å². The zero-order valence-corrected chi connectivity index (χ0v) is 17.7. The van der Waals surface area contributed by atoms with Crippen molar-refractivity contribution in [2.75, 3.05) is 0 Å². The first-order chi connectivity index (χ1) is 14.9. The summed E-state index contributed by atoms with van der Waals surface area (Å²) in [5.41, 5.74) is 0.452. The van der Waals surface area contributed by atoms with E-state index in [4.69, 9.17) is 4.74 Å². The van der Waals surface area contributed by atoms with Crippen LogP contribution in [0, 0.1) is 42.1 Å². The van der Waals surface area contributed by atoms with Crippen molar-refractivity contribution in [1.29, 1.82) is 0 Å². The van der Waals surface area contributed by atoms with E-state index in [1.54, 1.807) is 13.0 Å². The molecule has 0 aliphatic heterocycles. The third kappa shape index (κ3) is 4.41. The molecule has 4 atom stereocenters. The molecule has 0 amide bonds. The summed E-state index contributed by atoms with van der Waals surface area (Å²) in [6.45, 7) is 5.61. The Morgan fingerprint density at radius 2 is 1.74 bits per heavy atom. The van der Waals surface area contributed by atoms with Crippen molar-refractivity contribution >= 4 is 5.97 Å². The molecule has 2 aliphatic rings. The van der Waals surface area contributed by atoms with Crippen LogP contribution in [0.1, 0.15) is 65.9 Å². The minimum Gasteiger partial charge on any atom is -0.420 e. The summed E-state index contributed by atoms with van der Waals surface area (Å²) in [6, 6.07) is 6.82. The molecule has 0 spiro atoms. The van der Waals surface area contributed by atoms with E-state index in [1.165, 1.54) is 24.3 Å². The second-order valence-electron chi connectivity index (χ2n) is 8.99. The lowest BCUT2D eigenvalue weighted by molar-refractivity contribution is 0.0721. The minimum absolute atomic E-state index is 0.0596. The fourth-order valence-electron chi connectivity index (χ4n) is 5.30. The van der Waals surface area contributed by atoms with E-state index in [0.29, 0.717) is 28.9 Å². The van der Waals surface area contributed by atoms with Crippen LogP contribution in [0.25, 0.3) is 0 Å². The molecule has 0 heterocycles. The number of carbonyl (C=O) groups excluding carboxylic acids is 1. The number of carbonyl (C=O) groups is 1. The number of hydrogen-bond acceptors (Lipinski definition) is 2. The molecule has 2 aromatic rings. The Balaban J connectivity index is 1.50. The van der Waals surface area contributed by atoms with Gasteiger partial charge in [-0.3, -0.25) is 0 Å². The van der Waals surface area contributed by atoms with Crippen molar-refractivity contribution in [3.05, 3.63) is 77.1 Å². The van der Waals surface area contributed by atoms with Crippen molar-refractivity contribution in [3.8, 4) is 5.75 Å². The molecule has 2 aromatic carbocycles. The topological polar surface area (TPSA) is 26.3 Å². The largest absolute Gasteiger partial charge is 0.420 e. The lowest BCUT2D eigenvalue weighted by Gasteiger charge is -2.41. The van der Waals surface area contributed by atoms with Gasteiger partial charge in [-0.25, -0.2) is 18.0 Å². The van der Waals surface area contributed by atoms with Crippen LogP contribution in [0.4, 0.5) is 13.2 Å². The molecule has 5 heteroatoms. The Kier molecular flexibility index (Phi) is 6.22. The summed E-state index contributed by atoms with van der Waals surface area (Å²) in [5.74, 6) is -2.73. The van der Waals surface area contributed by atoms with Gasteiger partial charge in [0.1, 0.15) is 0 Å². The van der Waals surface area contributed by atoms with E-state index in [-0.39, 0.29) is 11.7 Å². The zero-order valence-electron chi connectivity index (χ0n) is 17.7. The first-order valence-corrected chi connectivity index (χ1v) is 11.0. The van der Waals surface area contributed by atoms with Crippen molar-refractivity contribution in [2.45, 2.75) is 51.4 Å². The highest BCUT2D eigenvalue weighted by Gasteiger charge is 2.36. The number of rotatable bonds is 4. The fourth-order valence-corrected chi connectivity index (χ4v) is 5.30. The summed E-state index contributed by atoms with van der Waals surface area (Å²) in [7, 11) is 0. The number of hydrogen-bond donors (Lipinski definition) is 0. The Morgan fingerprint density at radius 1 is 1.00 bits per heavy atom. The Bertz CT molecular complexity index is 1000. The summed E-state index contributed by atoms with van der Waals surface area (Å²) < 4.78 is 48.6. The number of aryl methyl sites for hydroxylation is 1. The van der Waals surface area contributed by atoms with Gasteiger partial charge in [-0.2, -0.15) is 0 Å². The highest BCUT2D eigenvalue weighted by Crippen LogP contribution is 2.48. The molecule has 164 valence electrons. The van der Waals surface area contributed by atoms with Crippen LogP contribution in [0.5, 0.6) is 5.75 Å². The molecule has 0 bridgehead atoms. The fraction of sp³-hybridized carbons (Fsp3) is 0.423. The highest BCUT2D eigenvalue weighted by atomic mass is 19.2. The average Bonchev–Trinajstić information content (AvgIpc) is 2.76. The van der Waals surface area contributed by atoms with Gasteiger partial charge >= 0.3 is 5.97 Å². The smallest absolute Gasteiger partial charge is 0.346 e. The summed E-state index contributed by atoms with van der Waals surface area (Å²) >= 11 is 0. The summed E-state index contributed by atoms with van der Waals surface area (Å²) in [5, 5.41) is 0. The van der Waals surface area contributed by atoms with Gasteiger partial charge in [-0.05, 0) is 98.4 Å². The maximum Gasteiger partial charge on any atom is 0.346 e. The summed E-state index contributed by atoms with van der Waals surface area (Å²) in [6.07, 6.45) is 8.01. The second kappa shape index (κ2) is 8.89. The zero-order chi connectivity index (χ0) is 22.1. The van der Waals surface area contributed by atoms with E-state index in [2.05, 4.69) is 6.58 Å². The second-order valence-corrected chi connectivity index (χ2v) is 8.99. The predicted molar refractivity (Wildman–Crippen MR) is 114 cm³/mol. The maximum absolute atomic E-state index is 14.9. The van der Waals surface area contributed by atoms with Gasteiger partial charge in [0.05, 0.1) is 5.56 Å². The average molecular weight is 428 g/mol. The lowest BCUT2D eigenvalue weighted by atomic mass is 9.64. The molecule has 2 saturated carbocycles. The number of fused-ring (bicyclic) bond motifs is 1. The van der Waals surface area contributed by atoms with Crippen LogP contribution in [-0.4, -0.2) is 5.97 Å². The molecule has 2 fully saturated rings. The van der Waals surface area contributed by atoms with Gasteiger partial charge in [-0.15, -0.1) is 6.58 Å². The van der Waals surface area contributed by atoms with Crippen LogP contribution < -0.4 is 4.74 Å². The van der Waals surface area contributed by atoms with Gasteiger partial charge < -0.3 is 4.74 Å². The van der Waals surface area contributed by atoms with E-state index in [9.17, 15) is 18.0 Å². The molecule has 4 rings (SSSR count). The molecule has 2 aliphatic carbocycles. The van der Waals surface area contributed by atoms with Crippen molar-refractivity contribution in [3.63, 3.8) is 0 Å². The molecule has 0 aromatic heterocycles. The van der Waals surface area contributed by atoms with Crippen LogP contribution in [0.15, 0.2) is 43.0 Å². The molecule has 0 saturated heterocycles. The highest BCUT2D eigenvalue weighted by molar-refractivity contribution is 5.91. The minimum atomic E-state index is -1.23. The first-order valence-electron chi connectivity index (χ1n) is 11.0. The van der Waals surface area contributed by atoms with E-state index >= 15 is 0 Å². The van der Waals surface area contributed by atoms with Crippen LogP contribution >= 0.6 is 0 Å². The quantitative estimate of drug-likeness (QED) is 0.294. The van der Waals surface area contributed by atoms with E-state index in [0.717, 1.165) is 38.5 Å². The predicted octanol–water partition coefficient (Wildman–Crippen LogP) is 7.12. The van der Waals surface area contributed by atoms with E-state index < -0.39 is 29.0 Å². The molecule has 0 radical (unpaired) electrons. The Morgan fingerprint density at radius 3 is 2.48 bits per heavy atom. The van der Waals surface area contributed by atoms with Crippen molar-refractivity contribution < 1.29 is 22.7 Å². The first kappa shape index (κ1) is 21.7. The maximum atomic E-state index is 14.9. The molecule has 2 nitrogen and oxygen atoms in total. The van der Waals surface area contributed by atoms with Gasteiger partial charge in [0, 0.05) is 0 Å². The van der Waals surface area contributed by atoms with Crippen LogP contribution in [0.2, 0.25) is 0 Å². The number of allylic oxidation sites excluding steroid dienone is 1. The number of esters is 1. The van der Waals surface area contributed by atoms with Gasteiger partial charge in [-0.1, -0.05) is 18.2 Å². The lowest BCUT2D eigenvalue weighted by Crippen LogP contribution is -2.30. The molecule has 31 heavy (non-hydrogen) atoms. The molecule has 4 unspecified atom stereocenters. The van der Waals surface area contributed by atoms with Gasteiger partial charge in [0.25, 0.3) is 0 Å². The Labute approximate surface area is 181 Å². The monoisotopic (exact) mass is 428 g/mol. The standard InChI is InChI=1S/C26H27F3O2/c1-3-16-5-6-18-14-19(8-7-17(18)13-16)20-9-10-21(25(29)24(20)28)26(30)31-23-11-4-15(2)12-22(23)27/h3-4,9-12,16-19H,1,5-8,13-14H2,2H3. The summed E-state index contributed by atoms with van der Waals surface area (Å²) in [4.78, 5) is 12.4. The van der Waals surface area contributed by atoms with Crippen molar-refractivity contribution in [1.82, 2.24) is 0 Å². The number of halogens is 3. The van der Waals surface area contributed by atoms with E-state index in [1.807, 2.05) is 6.08 Å². The Hall–Kier alpha value is -2.56. The normalized spacial score (nSPS) is 25.5. The van der Waals surface area contributed by atoms with Gasteiger partial charge in [0.15, 0.2) is 23.2 Å².